The van der Waals surface area contributed by atoms with E-state index in [1.807, 2.05) is 24.3 Å². The van der Waals surface area contributed by atoms with Gasteiger partial charge in [0.05, 0.1) is 18.7 Å². The van der Waals surface area contributed by atoms with Crippen LogP contribution in [0.4, 0.5) is 0 Å². The highest BCUT2D eigenvalue weighted by atomic mass is 79.9. The molecule has 0 radical (unpaired) electrons. The van der Waals surface area contributed by atoms with Gasteiger partial charge in [0.15, 0.2) is 0 Å². The summed E-state index contributed by atoms with van der Waals surface area (Å²) in [6.07, 6.45) is 0. The summed E-state index contributed by atoms with van der Waals surface area (Å²) in [5, 5.41) is 17.2. The van der Waals surface area contributed by atoms with E-state index in [4.69, 9.17) is 9.52 Å². The highest BCUT2D eigenvalue weighted by Crippen LogP contribution is 2.26. The first-order valence-electron chi connectivity index (χ1n) is 6.54. The number of aromatic nitrogens is 2. The highest BCUT2D eigenvalue weighted by Gasteiger charge is 2.15. The third kappa shape index (κ3) is 3.65. The number of nitrogens with zero attached hydrogens (tertiary/aromatic N) is 3. The van der Waals surface area contributed by atoms with Crippen LogP contribution in [-0.4, -0.2) is 39.4 Å². The molecule has 0 bridgehead atoms. The van der Waals surface area contributed by atoms with Crippen molar-refractivity contribution in [1.82, 2.24) is 15.1 Å². The number of hydrogen-bond acceptors (Lipinski definition) is 5. The number of benzene rings is 1. The van der Waals surface area contributed by atoms with Gasteiger partial charge in [-0.15, -0.1) is 10.2 Å². The van der Waals surface area contributed by atoms with Crippen molar-refractivity contribution in [2.24, 2.45) is 0 Å². The Morgan fingerprint density at radius 3 is 2.70 bits per heavy atom. The molecule has 0 unspecified atom stereocenters. The molecule has 0 fully saturated rings. The van der Waals surface area contributed by atoms with Gasteiger partial charge in [-0.25, -0.2) is 0 Å². The predicted molar refractivity (Wildman–Crippen MR) is 80.1 cm³/mol. The molecule has 0 amide bonds. The van der Waals surface area contributed by atoms with E-state index in [0.717, 1.165) is 10.0 Å². The van der Waals surface area contributed by atoms with Crippen LogP contribution in [0.3, 0.4) is 0 Å². The summed E-state index contributed by atoms with van der Waals surface area (Å²) in [4.78, 5) is 2.08. The maximum Gasteiger partial charge on any atom is 0.248 e. The minimum Gasteiger partial charge on any atom is -0.419 e. The van der Waals surface area contributed by atoms with Crippen LogP contribution >= 0.6 is 15.9 Å². The lowest BCUT2D eigenvalue weighted by Crippen LogP contribution is -2.33. The molecule has 0 aliphatic carbocycles. The van der Waals surface area contributed by atoms with Gasteiger partial charge in [-0.1, -0.05) is 12.1 Å². The van der Waals surface area contributed by atoms with E-state index >= 15 is 0 Å². The van der Waals surface area contributed by atoms with Gasteiger partial charge in [-0.05, 0) is 41.9 Å². The number of aliphatic hydroxyl groups excluding tert-OH is 1. The Kier molecular flexibility index (Phi) is 5.28. The Morgan fingerprint density at radius 2 is 2.05 bits per heavy atom. The van der Waals surface area contributed by atoms with E-state index in [0.29, 0.717) is 30.9 Å². The zero-order valence-corrected chi connectivity index (χ0v) is 13.2. The molecule has 2 aromatic rings. The molecule has 1 N–H and O–H groups in total. The minimum absolute atomic E-state index is 0.114. The molecule has 1 heterocycles. The summed E-state index contributed by atoms with van der Waals surface area (Å²) in [5.74, 6) is 1.05. The molecule has 0 spiro atoms. The molecule has 1 aromatic heterocycles. The largest absolute Gasteiger partial charge is 0.419 e. The summed E-state index contributed by atoms with van der Waals surface area (Å²) in [7, 11) is 0. The zero-order valence-electron chi connectivity index (χ0n) is 11.6. The molecule has 2 rings (SSSR count). The summed E-state index contributed by atoms with van der Waals surface area (Å²) in [6.45, 7) is 5.38. The van der Waals surface area contributed by atoms with E-state index in [-0.39, 0.29) is 6.61 Å². The van der Waals surface area contributed by atoms with Gasteiger partial charge < -0.3 is 9.52 Å². The van der Waals surface area contributed by atoms with Crippen LogP contribution < -0.4 is 0 Å². The van der Waals surface area contributed by atoms with Gasteiger partial charge in [0.2, 0.25) is 11.8 Å². The Balaban J connectivity index is 2.15. The average molecular weight is 340 g/mol. The Labute approximate surface area is 126 Å². The molecule has 20 heavy (non-hydrogen) atoms. The van der Waals surface area contributed by atoms with Crippen LogP contribution in [0.5, 0.6) is 0 Å². The quantitative estimate of drug-likeness (QED) is 0.876. The van der Waals surface area contributed by atoms with Crippen molar-refractivity contribution >= 4 is 15.9 Å². The second-order valence-corrected chi connectivity index (χ2v) is 5.62. The molecule has 108 valence electrons. The van der Waals surface area contributed by atoms with Gasteiger partial charge in [0.25, 0.3) is 0 Å². The smallest absolute Gasteiger partial charge is 0.248 e. The van der Waals surface area contributed by atoms with Crippen LogP contribution in [0.1, 0.15) is 19.7 Å². The molecule has 0 aliphatic rings. The Morgan fingerprint density at radius 1 is 1.30 bits per heavy atom. The maximum atomic E-state index is 9.07. The Hall–Kier alpha value is -1.24. The van der Waals surface area contributed by atoms with Crippen LogP contribution in [0.2, 0.25) is 0 Å². The molecular formula is C14H18BrN3O2. The number of rotatable bonds is 6. The minimum atomic E-state index is 0.114. The summed E-state index contributed by atoms with van der Waals surface area (Å²) >= 11 is 3.47. The first-order chi connectivity index (χ1) is 9.61. The van der Waals surface area contributed by atoms with Gasteiger partial charge in [0.1, 0.15) is 0 Å². The standard InChI is InChI=1S/C14H18BrN3O2/c1-10(2)18(7-8-19)9-13-16-17-14(20-13)11-5-3-4-6-12(11)15/h3-6,10,19H,7-9H2,1-2H3. The fourth-order valence-electron chi connectivity index (χ4n) is 1.88. The Bertz CT molecular complexity index is 557. The lowest BCUT2D eigenvalue weighted by Gasteiger charge is -2.23. The third-order valence-corrected chi connectivity index (χ3v) is 3.72. The molecule has 0 atom stereocenters. The van der Waals surface area contributed by atoms with Crippen LogP contribution in [0.25, 0.3) is 11.5 Å². The molecular weight excluding hydrogens is 322 g/mol. The summed E-state index contributed by atoms with van der Waals surface area (Å²) in [5.41, 5.74) is 0.879. The second kappa shape index (κ2) is 6.97. The topological polar surface area (TPSA) is 62.4 Å². The molecule has 6 heteroatoms. The van der Waals surface area contributed by atoms with E-state index in [2.05, 4.69) is 44.9 Å². The molecule has 0 saturated carbocycles. The summed E-state index contributed by atoms with van der Waals surface area (Å²) in [6, 6.07) is 8.03. The monoisotopic (exact) mass is 339 g/mol. The first-order valence-corrected chi connectivity index (χ1v) is 7.33. The molecule has 5 nitrogen and oxygen atoms in total. The second-order valence-electron chi connectivity index (χ2n) is 4.77. The van der Waals surface area contributed by atoms with Crippen molar-refractivity contribution in [3.8, 4) is 11.5 Å². The zero-order chi connectivity index (χ0) is 14.5. The van der Waals surface area contributed by atoms with Gasteiger partial charge in [0, 0.05) is 17.1 Å². The predicted octanol–water partition coefficient (Wildman–Crippen LogP) is 2.70. The molecule has 1 aromatic carbocycles. The first kappa shape index (κ1) is 15.2. The normalized spacial score (nSPS) is 11.5. The van der Waals surface area contributed by atoms with Crippen molar-refractivity contribution in [2.45, 2.75) is 26.4 Å². The van der Waals surface area contributed by atoms with E-state index in [1.165, 1.54) is 0 Å². The van der Waals surface area contributed by atoms with E-state index in [1.54, 1.807) is 0 Å². The number of hydrogen-bond donors (Lipinski definition) is 1. The van der Waals surface area contributed by atoms with Crippen molar-refractivity contribution in [2.75, 3.05) is 13.2 Å². The fourth-order valence-corrected chi connectivity index (χ4v) is 2.34. The van der Waals surface area contributed by atoms with Gasteiger partial charge in [-0.3, -0.25) is 4.90 Å². The van der Waals surface area contributed by atoms with Crippen LogP contribution in [0.15, 0.2) is 33.2 Å². The van der Waals surface area contributed by atoms with Crippen molar-refractivity contribution in [1.29, 1.82) is 0 Å². The number of aliphatic hydroxyl groups is 1. The van der Waals surface area contributed by atoms with E-state index < -0.39 is 0 Å². The van der Waals surface area contributed by atoms with Crippen LogP contribution in [-0.2, 0) is 6.54 Å². The van der Waals surface area contributed by atoms with Crippen molar-refractivity contribution in [3.05, 3.63) is 34.6 Å². The average Bonchev–Trinajstić information content (AvgIpc) is 2.87. The maximum absolute atomic E-state index is 9.07. The highest BCUT2D eigenvalue weighted by molar-refractivity contribution is 9.10. The van der Waals surface area contributed by atoms with Gasteiger partial charge in [-0.2, -0.15) is 0 Å². The molecule has 0 saturated heterocycles. The lowest BCUT2D eigenvalue weighted by atomic mass is 10.2. The van der Waals surface area contributed by atoms with Crippen LogP contribution in [0, 0.1) is 0 Å². The van der Waals surface area contributed by atoms with Gasteiger partial charge >= 0.3 is 0 Å². The van der Waals surface area contributed by atoms with Crippen molar-refractivity contribution in [3.63, 3.8) is 0 Å². The lowest BCUT2D eigenvalue weighted by molar-refractivity contribution is 0.148. The summed E-state index contributed by atoms with van der Waals surface area (Å²) < 4.78 is 6.62. The SMILES string of the molecule is CC(C)N(CCO)Cc1nnc(-c2ccccc2Br)o1. The fraction of sp³-hybridized carbons (Fsp3) is 0.429. The van der Waals surface area contributed by atoms with E-state index in [9.17, 15) is 0 Å². The third-order valence-electron chi connectivity index (χ3n) is 3.03. The van der Waals surface area contributed by atoms with Crippen molar-refractivity contribution < 1.29 is 9.52 Å². The number of halogens is 1. The molecule has 0 aliphatic heterocycles.